The van der Waals surface area contributed by atoms with Crippen molar-refractivity contribution in [2.45, 2.75) is 25.1 Å². The maximum absolute atomic E-state index is 12.9. The number of para-hydroxylation sites is 1. The smallest absolute Gasteiger partial charge is 0.418 e. The first-order chi connectivity index (χ1) is 12.0. The highest BCUT2D eigenvalue weighted by Crippen LogP contribution is 2.34. The molecular formula is C15H17F3N2O5S. The monoisotopic (exact) mass is 394 g/mol. The number of rotatable bonds is 5. The first-order valence-corrected chi connectivity index (χ1v) is 9.44. The van der Waals surface area contributed by atoms with E-state index in [-0.39, 0.29) is 13.0 Å². The van der Waals surface area contributed by atoms with Crippen LogP contribution < -0.4 is 5.32 Å². The molecule has 1 amide bonds. The molecule has 26 heavy (non-hydrogen) atoms. The van der Waals surface area contributed by atoms with Gasteiger partial charge in [-0.25, -0.2) is 8.42 Å². The number of anilines is 1. The van der Waals surface area contributed by atoms with Crippen LogP contribution in [0.15, 0.2) is 24.3 Å². The number of ether oxygens (including phenoxy) is 1. The number of esters is 1. The number of carbonyl (C=O) groups excluding carboxylic acids is 2. The Bertz CT molecular complexity index is 795. The van der Waals surface area contributed by atoms with E-state index in [9.17, 15) is 31.2 Å². The molecule has 0 radical (unpaired) electrons. The molecular weight excluding hydrogens is 377 g/mol. The van der Waals surface area contributed by atoms with E-state index < -0.39 is 52.0 Å². The van der Waals surface area contributed by atoms with Gasteiger partial charge in [-0.15, -0.1) is 0 Å². The Labute approximate surface area is 148 Å². The summed E-state index contributed by atoms with van der Waals surface area (Å²) < 4.78 is 67.6. The highest BCUT2D eigenvalue weighted by molar-refractivity contribution is 7.88. The first kappa shape index (κ1) is 20.2. The van der Waals surface area contributed by atoms with Crippen LogP contribution in [0.1, 0.15) is 18.4 Å². The van der Waals surface area contributed by atoms with Gasteiger partial charge in [-0.1, -0.05) is 12.1 Å². The van der Waals surface area contributed by atoms with Gasteiger partial charge in [-0.3, -0.25) is 9.59 Å². The first-order valence-electron chi connectivity index (χ1n) is 7.59. The summed E-state index contributed by atoms with van der Waals surface area (Å²) in [6.07, 6.45) is -2.97. The SMILES string of the molecule is CS(=O)(=O)N1CCC[C@H]1C(=O)OCC(=O)Nc1ccccc1C(F)(F)F. The summed E-state index contributed by atoms with van der Waals surface area (Å²) in [6, 6.07) is 3.35. The molecule has 1 aromatic carbocycles. The highest BCUT2D eigenvalue weighted by atomic mass is 32.2. The van der Waals surface area contributed by atoms with Gasteiger partial charge in [0, 0.05) is 6.54 Å². The second kappa shape index (κ2) is 7.62. The summed E-state index contributed by atoms with van der Waals surface area (Å²) in [4.78, 5) is 23.8. The Morgan fingerprint density at radius 2 is 1.96 bits per heavy atom. The van der Waals surface area contributed by atoms with Gasteiger partial charge in [-0.2, -0.15) is 17.5 Å². The van der Waals surface area contributed by atoms with E-state index in [4.69, 9.17) is 4.74 Å². The maximum atomic E-state index is 12.9. The van der Waals surface area contributed by atoms with Crippen molar-refractivity contribution in [2.75, 3.05) is 24.7 Å². The van der Waals surface area contributed by atoms with Crippen molar-refractivity contribution in [3.8, 4) is 0 Å². The molecule has 0 unspecified atom stereocenters. The molecule has 144 valence electrons. The minimum absolute atomic E-state index is 0.170. The average molecular weight is 394 g/mol. The van der Waals surface area contributed by atoms with Gasteiger partial charge in [0.15, 0.2) is 6.61 Å². The van der Waals surface area contributed by atoms with Crippen molar-refractivity contribution < 1.29 is 35.9 Å². The summed E-state index contributed by atoms with van der Waals surface area (Å²) in [7, 11) is -3.60. The van der Waals surface area contributed by atoms with Crippen LogP contribution in [0.4, 0.5) is 18.9 Å². The standard InChI is InChI=1S/C15H17F3N2O5S/c1-26(23,24)20-8-4-7-12(20)14(22)25-9-13(21)19-11-6-3-2-5-10(11)15(16,17)18/h2-3,5-6,12H,4,7-9H2,1H3,(H,19,21)/t12-/m0/s1. The van der Waals surface area contributed by atoms with Gasteiger partial charge in [0.25, 0.3) is 5.91 Å². The lowest BCUT2D eigenvalue weighted by molar-refractivity contribution is -0.150. The molecule has 1 aliphatic heterocycles. The Hall–Kier alpha value is -2.14. The van der Waals surface area contributed by atoms with Gasteiger partial charge in [-0.05, 0) is 25.0 Å². The zero-order valence-electron chi connectivity index (χ0n) is 13.7. The second-order valence-electron chi connectivity index (χ2n) is 5.73. The number of amides is 1. The third kappa shape index (κ3) is 4.94. The van der Waals surface area contributed by atoms with E-state index in [1.165, 1.54) is 12.1 Å². The Morgan fingerprint density at radius 3 is 2.58 bits per heavy atom. The lowest BCUT2D eigenvalue weighted by atomic mass is 10.1. The molecule has 0 saturated carbocycles. The summed E-state index contributed by atoms with van der Waals surface area (Å²) in [5, 5.41) is 2.04. The molecule has 7 nitrogen and oxygen atoms in total. The molecule has 1 N–H and O–H groups in total. The number of alkyl halides is 3. The zero-order valence-corrected chi connectivity index (χ0v) is 14.6. The molecule has 0 aromatic heterocycles. The van der Waals surface area contributed by atoms with Crippen LogP contribution >= 0.6 is 0 Å². The van der Waals surface area contributed by atoms with Crippen LogP contribution in [-0.4, -0.2) is 50.0 Å². The van der Waals surface area contributed by atoms with Gasteiger partial charge in [0.05, 0.1) is 17.5 Å². The molecule has 11 heteroatoms. The van der Waals surface area contributed by atoms with Crippen molar-refractivity contribution in [3.63, 3.8) is 0 Å². The van der Waals surface area contributed by atoms with Gasteiger partial charge < -0.3 is 10.1 Å². The van der Waals surface area contributed by atoms with E-state index in [0.717, 1.165) is 22.7 Å². The van der Waals surface area contributed by atoms with Crippen LogP contribution in [0.5, 0.6) is 0 Å². The molecule has 1 aliphatic rings. The third-order valence-corrected chi connectivity index (χ3v) is 5.04. The van der Waals surface area contributed by atoms with Crippen molar-refractivity contribution in [3.05, 3.63) is 29.8 Å². The second-order valence-corrected chi connectivity index (χ2v) is 7.67. The topological polar surface area (TPSA) is 92.8 Å². The Kier molecular flexibility index (Phi) is 5.91. The van der Waals surface area contributed by atoms with Crippen molar-refractivity contribution in [1.82, 2.24) is 4.31 Å². The number of hydrogen-bond donors (Lipinski definition) is 1. The van der Waals surface area contributed by atoms with Gasteiger partial charge >= 0.3 is 12.1 Å². The summed E-state index contributed by atoms with van der Waals surface area (Å²) in [5.41, 5.74) is -1.49. The van der Waals surface area contributed by atoms with Crippen LogP contribution in [0, 0.1) is 0 Å². The zero-order chi connectivity index (χ0) is 19.5. The van der Waals surface area contributed by atoms with Gasteiger partial charge in [0.2, 0.25) is 10.0 Å². The van der Waals surface area contributed by atoms with Crippen molar-refractivity contribution in [1.29, 1.82) is 0 Å². The molecule has 2 rings (SSSR count). The molecule has 1 saturated heterocycles. The van der Waals surface area contributed by atoms with Crippen molar-refractivity contribution in [2.24, 2.45) is 0 Å². The normalized spacial score (nSPS) is 18.5. The minimum Gasteiger partial charge on any atom is -0.454 e. The predicted molar refractivity (Wildman–Crippen MR) is 85.6 cm³/mol. The molecule has 0 spiro atoms. The number of carbonyl (C=O) groups is 2. The van der Waals surface area contributed by atoms with Crippen LogP contribution in [-0.2, 0) is 30.5 Å². The molecule has 1 aromatic rings. The number of hydrogen-bond acceptors (Lipinski definition) is 5. The fourth-order valence-corrected chi connectivity index (χ4v) is 3.75. The number of benzene rings is 1. The minimum atomic E-state index is -4.65. The number of sulfonamides is 1. The lowest BCUT2D eigenvalue weighted by Crippen LogP contribution is -2.41. The summed E-state index contributed by atoms with van der Waals surface area (Å²) in [5.74, 6) is -1.87. The maximum Gasteiger partial charge on any atom is 0.418 e. The number of nitrogens with zero attached hydrogens (tertiary/aromatic N) is 1. The van der Waals surface area contributed by atoms with E-state index in [0.29, 0.717) is 6.42 Å². The molecule has 0 aliphatic carbocycles. The fraction of sp³-hybridized carbons (Fsp3) is 0.467. The van der Waals surface area contributed by atoms with E-state index in [2.05, 4.69) is 0 Å². The lowest BCUT2D eigenvalue weighted by Gasteiger charge is -2.20. The number of nitrogens with one attached hydrogen (secondary N) is 1. The number of halogens is 3. The quantitative estimate of drug-likeness (QED) is 0.766. The molecule has 1 heterocycles. The Morgan fingerprint density at radius 1 is 1.31 bits per heavy atom. The molecule has 1 fully saturated rings. The van der Waals surface area contributed by atoms with Crippen LogP contribution in [0.2, 0.25) is 0 Å². The van der Waals surface area contributed by atoms with Gasteiger partial charge in [0.1, 0.15) is 6.04 Å². The highest BCUT2D eigenvalue weighted by Gasteiger charge is 2.38. The summed E-state index contributed by atoms with van der Waals surface area (Å²) in [6.45, 7) is -0.650. The largest absolute Gasteiger partial charge is 0.454 e. The van der Waals surface area contributed by atoms with Crippen molar-refractivity contribution >= 4 is 27.6 Å². The fourth-order valence-electron chi connectivity index (χ4n) is 2.63. The van der Waals surface area contributed by atoms with Crippen LogP contribution in [0.25, 0.3) is 0 Å². The van der Waals surface area contributed by atoms with E-state index in [1.807, 2.05) is 5.32 Å². The van der Waals surface area contributed by atoms with E-state index in [1.54, 1.807) is 0 Å². The van der Waals surface area contributed by atoms with Crippen LogP contribution in [0.3, 0.4) is 0 Å². The van der Waals surface area contributed by atoms with E-state index >= 15 is 0 Å². The predicted octanol–water partition coefficient (Wildman–Crippen LogP) is 1.61. The average Bonchev–Trinajstić information content (AvgIpc) is 3.02. The molecule has 0 bridgehead atoms. The molecule has 1 atom stereocenters. The third-order valence-electron chi connectivity index (χ3n) is 3.75. The Balaban J connectivity index is 1.97. The summed E-state index contributed by atoms with van der Waals surface area (Å²) >= 11 is 0.